The molecule has 1 heterocycles. The molecule has 4 aliphatic rings. The number of piperidine rings is 1. The lowest BCUT2D eigenvalue weighted by Gasteiger charge is -2.62. The summed E-state index contributed by atoms with van der Waals surface area (Å²) in [4.78, 5) is 2.69. The zero-order chi connectivity index (χ0) is 17.1. The van der Waals surface area contributed by atoms with Gasteiger partial charge in [0.1, 0.15) is 0 Å². The average Bonchev–Trinajstić information content (AvgIpc) is 2.91. The van der Waals surface area contributed by atoms with Gasteiger partial charge in [-0.1, -0.05) is 20.8 Å². The first-order valence-electron chi connectivity index (χ1n) is 10.7. The monoisotopic (exact) mass is 333 g/mol. The first kappa shape index (κ1) is 17.3. The van der Waals surface area contributed by atoms with Gasteiger partial charge in [-0.2, -0.15) is 0 Å². The van der Waals surface area contributed by atoms with Gasteiger partial charge in [0.25, 0.3) is 0 Å². The Bertz CT molecular complexity index is 479. The summed E-state index contributed by atoms with van der Waals surface area (Å²) in [6.07, 6.45) is 11.4. The van der Waals surface area contributed by atoms with Gasteiger partial charge in [0.15, 0.2) is 0 Å². The van der Waals surface area contributed by atoms with E-state index >= 15 is 0 Å². The van der Waals surface area contributed by atoms with Crippen LogP contribution >= 0.6 is 0 Å². The maximum atomic E-state index is 9.75. The molecule has 4 rings (SSSR count). The number of aliphatic hydroxyl groups is 1. The van der Waals surface area contributed by atoms with Crippen molar-refractivity contribution >= 4 is 0 Å². The van der Waals surface area contributed by atoms with E-state index in [0.717, 1.165) is 29.7 Å². The molecule has 138 valence electrons. The molecule has 4 fully saturated rings. The van der Waals surface area contributed by atoms with Crippen LogP contribution in [0.1, 0.15) is 72.1 Å². The Morgan fingerprint density at radius 2 is 1.75 bits per heavy atom. The van der Waals surface area contributed by atoms with E-state index in [-0.39, 0.29) is 0 Å². The fourth-order valence-electron chi connectivity index (χ4n) is 8.48. The molecule has 0 bridgehead atoms. The molecular formula is C22H39NO. The van der Waals surface area contributed by atoms with Crippen molar-refractivity contribution in [1.82, 2.24) is 4.90 Å². The average molecular weight is 334 g/mol. The van der Waals surface area contributed by atoms with Gasteiger partial charge in [0.2, 0.25) is 0 Å². The molecule has 3 aliphatic carbocycles. The number of rotatable bonds is 2. The minimum absolute atomic E-state index is 0.381. The van der Waals surface area contributed by atoms with Crippen molar-refractivity contribution in [2.75, 3.05) is 20.2 Å². The lowest BCUT2D eigenvalue weighted by atomic mass is 9.46. The fraction of sp³-hybridized carbons (Fsp3) is 1.00. The van der Waals surface area contributed by atoms with Gasteiger partial charge in [0, 0.05) is 12.6 Å². The van der Waals surface area contributed by atoms with E-state index in [9.17, 15) is 5.11 Å². The van der Waals surface area contributed by atoms with Crippen LogP contribution < -0.4 is 0 Å². The van der Waals surface area contributed by atoms with Crippen molar-refractivity contribution in [3.63, 3.8) is 0 Å². The molecule has 8 atom stereocenters. The van der Waals surface area contributed by atoms with Crippen LogP contribution in [0.3, 0.4) is 0 Å². The van der Waals surface area contributed by atoms with Crippen molar-refractivity contribution in [2.45, 2.75) is 78.2 Å². The van der Waals surface area contributed by atoms with Crippen molar-refractivity contribution in [2.24, 2.45) is 40.4 Å². The van der Waals surface area contributed by atoms with Crippen molar-refractivity contribution < 1.29 is 5.11 Å². The van der Waals surface area contributed by atoms with E-state index < -0.39 is 0 Å². The summed E-state index contributed by atoms with van der Waals surface area (Å²) in [5.74, 6) is 4.10. The molecule has 0 amide bonds. The van der Waals surface area contributed by atoms with Crippen molar-refractivity contribution in [3.05, 3.63) is 0 Å². The Kier molecular flexibility index (Phi) is 4.32. The summed E-state index contributed by atoms with van der Waals surface area (Å²) >= 11 is 0. The van der Waals surface area contributed by atoms with Gasteiger partial charge in [-0.15, -0.1) is 0 Å². The molecule has 0 radical (unpaired) electrons. The zero-order valence-electron chi connectivity index (χ0n) is 16.4. The highest BCUT2D eigenvalue weighted by Crippen LogP contribution is 2.66. The van der Waals surface area contributed by atoms with Crippen LogP contribution in [0.15, 0.2) is 0 Å². The first-order valence-corrected chi connectivity index (χ1v) is 10.7. The van der Waals surface area contributed by atoms with Crippen LogP contribution in [-0.4, -0.2) is 36.2 Å². The van der Waals surface area contributed by atoms with Crippen LogP contribution in [0.2, 0.25) is 0 Å². The number of aliphatic hydroxyl groups excluding tert-OH is 1. The van der Waals surface area contributed by atoms with Crippen molar-refractivity contribution in [3.8, 4) is 0 Å². The summed E-state index contributed by atoms with van der Waals surface area (Å²) < 4.78 is 0. The van der Waals surface area contributed by atoms with E-state index in [1.54, 1.807) is 0 Å². The molecule has 0 spiro atoms. The van der Waals surface area contributed by atoms with Crippen LogP contribution in [-0.2, 0) is 0 Å². The molecule has 3 saturated carbocycles. The largest absolute Gasteiger partial charge is 0.396 e. The first-order chi connectivity index (χ1) is 11.4. The fourth-order valence-corrected chi connectivity index (χ4v) is 8.48. The summed E-state index contributed by atoms with van der Waals surface area (Å²) in [5, 5.41) is 9.75. The third-order valence-electron chi connectivity index (χ3n) is 9.63. The third kappa shape index (κ3) is 2.28. The van der Waals surface area contributed by atoms with Gasteiger partial charge in [-0.3, -0.25) is 0 Å². The molecule has 2 heteroatoms. The smallest absolute Gasteiger partial charge is 0.0459 e. The normalized spacial score (nSPS) is 53.1. The van der Waals surface area contributed by atoms with E-state index in [2.05, 4.69) is 32.7 Å². The molecule has 0 aromatic heterocycles. The van der Waals surface area contributed by atoms with Gasteiger partial charge in [-0.05, 0) is 105 Å². The summed E-state index contributed by atoms with van der Waals surface area (Å²) in [5.41, 5.74) is 1.07. The second-order valence-corrected chi connectivity index (χ2v) is 10.4. The molecule has 0 unspecified atom stereocenters. The van der Waals surface area contributed by atoms with E-state index in [4.69, 9.17) is 0 Å². The number of fused-ring (bicyclic) bond motifs is 5. The van der Waals surface area contributed by atoms with Crippen LogP contribution in [0, 0.1) is 40.4 Å². The summed E-state index contributed by atoms with van der Waals surface area (Å²) in [6, 6.07) is 0.838. The van der Waals surface area contributed by atoms with Gasteiger partial charge < -0.3 is 10.0 Å². The van der Waals surface area contributed by atoms with Crippen molar-refractivity contribution in [1.29, 1.82) is 0 Å². The second kappa shape index (κ2) is 5.98. The quantitative estimate of drug-likeness (QED) is 0.800. The molecule has 24 heavy (non-hydrogen) atoms. The Morgan fingerprint density at radius 1 is 1.00 bits per heavy atom. The van der Waals surface area contributed by atoms with Crippen LogP contribution in [0.25, 0.3) is 0 Å². The molecule has 1 aliphatic heterocycles. The maximum absolute atomic E-state index is 9.75. The Hall–Kier alpha value is -0.0800. The molecule has 0 aromatic carbocycles. The zero-order valence-corrected chi connectivity index (χ0v) is 16.4. The highest BCUT2D eigenvalue weighted by atomic mass is 16.3. The molecule has 1 saturated heterocycles. The lowest BCUT2D eigenvalue weighted by molar-refractivity contribution is -0.126. The van der Waals surface area contributed by atoms with Gasteiger partial charge >= 0.3 is 0 Å². The second-order valence-electron chi connectivity index (χ2n) is 10.4. The predicted octanol–water partition coefficient (Wildman–Crippen LogP) is 4.57. The Balaban J connectivity index is 1.61. The van der Waals surface area contributed by atoms with E-state index in [0.29, 0.717) is 23.4 Å². The SMILES string of the molecule is C[C@@H](CO)[C@H]1CC[C@H]2[C@@H]3CC[C@H]4N(C)CCC[C@]4(C)[C@H]3CC[C@]12C. The van der Waals surface area contributed by atoms with E-state index in [1.807, 2.05) is 0 Å². The van der Waals surface area contributed by atoms with Gasteiger partial charge in [0.05, 0.1) is 0 Å². The van der Waals surface area contributed by atoms with Gasteiger partial charge in [-0.25, -0.2) is 0 Å². The highest BCUT2D eigenvalue weighted by Gasteiger charge is 2.60. The Labute approximate surface area is 149 Å². The lowest BCUT2D eigenvalue weighted by Crippen LogP contribution is -2.60. The summed E-state index contributed by atoms with van der Waals surface area (Å²) in [6.45, 7) is 9.23. The highest BCUT2D eigenvalue weighted by molar-refractivity contribution is 5.10. The maximum Gasteiger partial charge on any atom is 0.0459 e. The minimum atomic E-state index is 0.381. The Morgan fingerprint density at radius 3 is 2.50 bits per heavy atom. The molecule has 1 N–H and O–H groups in total. The minimum Gasteiger partial charge on any atom is -0.396 e. The number of likely N-dealkylation sites (tertiary alicyclic amines) is 1. The third-order valence-corrected chi connectivity index (χ3v) is 9.63. The van der Waals surface area contributed by atoms with Crippen LogP contribution in [0.5, 0.6) is 0 Å². The number of hydrogen-bond donors (Lipinski definition) is 1. The molecule has 2 nitrogen and oxygen atoms in total. The number of nitrogens with zero attached hydrogens (tertiary/aromatic N) is 1. The molecular weight excluding hydrogens is 294 g/mol. The predicted molar refractivity (Wildman–Crippen MR) is 99.8 cm³/mol. The molecule has 0 aromatic rings. The topological polar surface area (TPSA) is 23.5 Å². The van der Waals surface area contributed by atoms with Crippen LogP contribution in [0.4, 0.5) is 0 Å². The summed E-state index contributed by atoms with van der Waals surface area (Å²) in [7, 11) is 2.38. The number of hydrogen-bond acceptors (Lipinski definition) is 2. The van der Waals surface area contributed by atoms with E-state index in [1.165, 1.54) is 57.9 Å². The standard InChI is InChI=1S/C22H39NO/c1-15(14-24)17-7-8-18-16-6-9-20-22(3,11-5-13-23(20)4)19(16)10-12-21(17,18)2/h15-20,24H,5-14H2,1-4H3/t15-,16-,17+,18-,19-,20+,21+,22+/m0/s1.